The van der Waals surface area contributed by atoms with Gasteiger partial charge in [-0.15, -0.1) is 0 Å². The minimum absolute atomic E-state index is 0.217. The molecule has 0 atom stereocenters. The molecule has 4 rings (SSSR count). The molecule has 2 aromatic rings. The highest BCUT2D eigenvalue weighted by Gasteiger charge is 2.32. The van der Waals surface area contributed by atoms with E-state index in [1.165, 1.54) is 54.4 Å². The molecule has 0 unspecified atom stereocenters. The number of carboxylic acids is 1. The third kappa shape index (κ3) is 6.06. The van der Waals surface area contributed by atoms with Gasteiger partial charge in [-0.2, -0.15) is 0 Å². The zero-order valence-corrected chi connectivity index (χ0v) is 20.6. The van der Waals surface area contributed by atoms with Gasteiger partial charge in [-0.1, -0.05) is 68.6 Å². The minimum Gasteiger partial charge on any atom is -0.481 e. The number of aliphatic carboxylic acids is 1. The van der Waals surface area contributed by atoms with Gasteiger partial charge in [-0.3, -0.25) is 9.69 Å². The maximum absolute atomic E-state index is 11.0. The fraction of sp³-hybridized carbons (Fsp3) is 0.517. The Morgan fingerprint density at radius 2 is 1.79 bits per heavy atom. The Bertz CT molecular complexity index is 1000. The summed E-state index contributed by atoms with van der Waals surface area (Å²) in [5.41, 5.74) is 7.72. The number of aryl methyl sites for hydroxylation is 2. The van der Waals surface area contributed by atoms with E-state index in [1.54, 1.807) is 11.8 Å². The first-order valence-corrected chi connectivity index (χ1v) is 12.9. The molecule has 5 nitrogen and oxygen atoms in total. The van der Waals surface area contributed by atoms with E-state index in [2.05, 4.69) is 60.3 Å². The monoisotopic (exact) mass is 462 g/mol. The van der Waals surface area contributed by atoms with E-state index in [0.29, 0.717) is 19.7 Å². The van der Waals surface area contributed by atoms with Crippen LogP contribution in [-0.2, 0) is 35.6 Å². The van der Waals surface area contributed by atoms with E-state index < -0.39 is 5.97 Å². The molecule has 0 aromatic heterocycles. The van der Waals surface area contributed by atoms with Crippen LogP contribution in [0.25, 0.3) is 0 Å². The molecule has 0 radical (unpaired) electrons. The molecule has 1 saturated carbocycles. The van der Waals surface area contributed by atoms with E-state index in [1.807, 2.05) is 0 Å². The SMILES string of the molecule is CCc1cc(C=NOCc2ccc(C3CCCCC3)c(CC)c2)ccc1CN1CC(C(=O)O)C1. The first-order chi connectivity index (χ1) is 16.6. The summed E-state index contributed by atoms with van der Waals surface area (Å²) in [6, 6.07) is 13.2. The first kappa shape index (κ1) is 24.5. The lowest BCUT2D eigenvalue weighted by atomic mass is 9.81. The summed E-state index contributed by atoms with van der Waals surface area (Å²) in [6.07, 6.45) is 10.5. The second-order valence-electron chi connectivity index (χ2n) is 9.84. The summed E-state index contributed by atoms with van der Waals surface area (Å²) in [5, 5.41) is 13.3. The quantitative estimate of drug-likeness (QED) is 0.351. The lowest BCUT2D eigenvalue weighted by molar-refractivity contribution is -0.147. The number of nitrogens with zero attached hydrogens (tertiary/aromatic N) is 2. The topological polar surface area (TPSA) is 62.1 Å². The highest BCUT2D eigenvalue weighted by Crippen LogP contribution is 2.35. The Morgan fingerprint density at radius 1 is 1.03 bits per heavy atom. The van der Waals surface area contributed by atoms with Crippen LogP contribution in [0.3, 0.4) is 0 Å². The number of carboxylic acid groups (broad SMARTS) is 1. The average molecular weight is 463 g/mol. The molecule has 1 heterocycles. The predicted molar refractivity (Wildman–Crippen MR) is 136 cm³/mol. The zero-order valence-electron chi connectivity index (χ0n) is 20.6. The number of oxime groups is 1. The van der Waals surface area contributed by atoms with Gasteiger partial charge in [0.25, 0.3) is 0 Å². The van der Waals surface area contributed by atoms with Gasteiger partial charge >= 0.3 is 5.97 Å². The third-order valence-electron chi connectivity index (χ3n) is 7.45. The van der Waals surface area contributed by atoms with E-state index in [0.717, 1.165) is 30.9 Å². The molecule has 0 spiro atoms. The molecule has 0 bridgehead atoms. The van der Waals surface area contributed by atoms with Crippen LogP contribution < -0.4 is 0 Å². The lowest BCUT2D eigenvalue weighted by Crippen LogP contribution is -2.49. The van der Waals surface area contributed by atoms with Crippen LogP contribution in [0.2, 0.25) is 0 Å². The number of rotatable bonds is 10. The summed E-state index contributed by atoms with van der Waals surface area (Å²) in [5.74, 6) is -0.179. The Morgan fingerprint density at radius 3 is 2.50 bits per heavy atom. The predicted octanol–water partition coefficient (Wildman–Crippen LogP) is 5.93. The van der Waals surface area contributed by atoms with Crippen molar-refractivity contribution in [1.29, 1.82) is 0 Å². The third-order valence-corrected chi connectivity index (χ3v) is 7.45. The van der Waals surface area contributed by atoms with Crippen molar-refractivity contribution >= 4 is 12.2 Å². The maximum atomic E-state index is 11.0. The van der Waals surface area contributed by atoms with Gasteiger partial charge in [0.2, 0.25) is 0 Å². The first-order valence-electron chi connectivity index (χ1n) is 12.9. The van der Waals surface area contributed by atoms with Crippen molar-refractivity contribution < 1.29 is 14.7 Å². The van der Waals surface area contributed by atoms with Crippen LogP contribution >= 0.6 is 0 Å². The van der Waals surface area contributed by atoms with Gasteiger partial charge in [0.05, 0.1) is 12.1 Å². The molecule has 1 aliphatic heterocycles. The number of hydrogen-bond donors (Lipinski definition) is 1. The molecule has 2 aliphatic rings. The number of likely N-dealkylation sites (tertiary alicyclic amines) is 1. The molecule has 2 fully saturated rings. The molecular formula is C29H38N2O3. The summed E-state index contributed by atoms with van der Waals surface area (Å²) in [7, 11) is 0. The lowest BCUT2D eigenvalue weighted by Gasteiger charge is -2.37. The van der Waals surface area contributed by atoms with Crippen LogP contribution in [0, 0.1) is 5.92 Å². The Balaban J connectivity index is 1.31. The van der Waals surface area contributed by atoms with Gasteiger partial charge < -0.3 is 9.94 Å². The number of carbonyl (C=O) groups is 1. The van der Waals surface area contributed by atoms with Crippen molar-refractivity contribution in [2.45, 2.75) is 77.9 Å². The summed E-state index contributed by atoms with van der Waals surface area (Å²) in [6.45, 7) is 6.94. The molecule has 0 amide bonds. The largest absolute Gasteiger partial charge is 0.481 e. The minimum atomic E-state index is -0.690. The van der Waals surface area contributed by atoms with Crippen LogP contribution in [-0.4, -0.2) is 35.3 Å². The highest BCUT2D eigenvalue weighted by molar-refractivity contribution is 5.79. The van der Waals surface area contributed by atoms with E-state index >= 15 is 0 Å². The van der Waals surface area contributed by atoms with Crippen molar-refractivity contribution in [3.8, 4) is 0 Å². The normalized spacial score (nSPS) is 17.7. The van der Waals surface area contributed by atoms with Gasteiger partial charge in [0.1, 0.15) is 6.61 Å². The molecule has 1 saturated heterocycles. The van der Waals surface area contributed by atoms with Crippen molar-refractivity contribution in [1.82, 2.24) is 4.90 Å². The van der Waals surface area contributed by atoms with Gasteiger partial charge in [-0.25, -0.2) is 0 Å². The van der Waals surface area contributed by atoms with E-state index in [9.17, 15) is 4.79 Å². The standard InChI is InChI=1S/C29H38N2O3/c1-3-23-14-21(10-12-26(23)17-31-18-27(19-31)29(32)33)16-30-34-20-22-11-13-28(24(4-2)15-22)25-8-6-5-7-9-25/h10-16,25,27H,3-9,17-20H2,1-2H3,(H,32,33). The fourth-order valence-corrected chi connectivity index (χ4v) is 5.38. The van der Waals surface area contributed by atoms with Gasteiger partial charge in [0, 0.05) is 19.6 Å². The molecule has 182 valence electrons. The Labute approximate surface area is 203 Å². The number of hydrogen-bond acceptors (Lipinski definition) is 4. The smallest absolute Gasteiger partial charge is 0.309 e. The maximum Gasteiger partial charge on any atom is 0.309 e. The molecule has 2 aromatic carbocycles. The summed E-state index contributed by atoms with van der Waals surface area (Å²) < 4.78 is 0. The fourth-order valence-electron chi connectivity index (χ4n) is 5.38. The molecular weight excluding hydrogens is 424 g/mol. The van der Waals surface area contributed by atoms with Crippen LogP contribution in [0.5, 0.6) is 0 Å². The van der Waals surface area contributed by atoms with Crippen molar-refractivity contribution in [2.24, 2.45) is 11.1 Å². The molecule has 1 aliphatic carbocycles. The highest BCUT2D eigenvalue weighted by atomic mass is 16.6. The number of benzene rings is 2. The average Bonchev–Trinajstić information content (AvgIpc) is 2.84. The zero-order chi connectivity index (χ0) is 23.9. The molecule has 1 N–H and O–H groups in total. The van der Waals surface area contributed by atoms with Gasteiger partial charge in [-0.05, 0) is 71.0 Å². The molecule has 34 heavy (non-hydrogen) atoms. The molecule has 5 heteroatoms. The van der Waals surface area contributed by atoms with E-state index in [-0.39, 0.29) is 5.92 Å². The van der Waals surface area contributed by atoms with Crippen molar-refractivity contribution in [2.75, 3.05) is 13.1 Å². The van der Waals surface area contributed by atoms with Crippen molar-refractivity contribution in [3.05, 3.63) is 69.8 Å². The van der Waals surface area contributed by atoms with Crippen molar-refractivity contribution in [3.63, 3.8) is 0 Å². The van der Waals surface area contributed by atoms with Gasteiger partial charge in [0.15, 0.2) is 0 Å². The van der Waals surface area contributed by atoms with Crippen LogP contribution in [0.1, 0.15) is 85.3 Å². The summed E-state index contributed by atoms with van der Waals surface area (Å²) >= 11 is 0. The van der Waals surface area contributed by atoms with Crippen LogP contribution in [0.15, 0.2) is 41.6 Å². The Kier molecular flexibility index (Phi) is 8.39. The van der Waals surface area contributed by atoms with Crippen LogP contribution in [0.4, 0.5) is 0 Å². The van der Waals surface area contributed by atoms with E-state index in [4.69, 9.17) is 9.94 Å². The second-order valence-corrected chi connectivity index (χ2v) is 9.84. The second kappa shape index (κ2) is 11.7. The summed E-state index contributed by atoms with van der Waals surface area (Å²) in [4.78, 5) is 18.9. The Hall–Kier alpha value is -2.66.